The fourth-order valence-corrected chi connectivity index (χ4v) is 2.22. The first-order chi connectivity index (χ1) is 11.4. The molecule has 0 bridgehead atoms. The predicted molar refractivity (Wildman–Crippen MR) is 79.2 cm³/mol. The van der Waals surface area contributed by atoms with Crippen molar-refractivity contribution in [3.8, 4) is 5.75 Å². The van der Waals surface area contributed by atoms with Crippen molar-refractivity contribution in [3.63, 3.8) is 0 Å². The van der Waals surface area contributed by atoms with E-state index in [-0.39, 0.29) is 28.1 Å². The van der Waals surface area contributed by atoms with Gasteiger partial charge in [0, 0.05) is 17.7 Å². The molecule has 0 aromatic heterocycles. The Morgan fingerprint density at radius 2 is 1.67 bits per heavy atom. The smallest absolute Gasteiger partial charge is 0.280 e. The van der Waals surface area contributed by atoms with Crippen molar-refractivity contribution in [2.24, 2.45) is 0 Å². The highest BCUT2D eigenvalue weighted by Crippen LogP contribution is 2.25. The monoisotopic (exact) mass is 327 g/mol. The van der Waals surface area contributed by atoms with Gasteiger partial charge in [-0.15, -0.1) is 0 Å². The zero-order chi connectivity index (χ0) is 17.4. The molecule has 2 aromatic carbocycles. The Bertz CT molecular complexity index is 891. The zero-order valence-corrected chi connectivity index (χ0v) is 11.9. The molecule has 0 fully saturated rings. The maximum Gasteiger partial charge on any atom is 0.280 e. The molecule has 1 heterocycles. The molecule has 0 saturated carbocycles. The molecule has 9 heteroatoms. The Labute approximate surface area is 134 Å². The second-order valence-electron chi connectivity index (χ2n) is 4.92. The summed E-state index contributed by atoms with van der Waals surface area (Å²) in [4.78, 5) is 46.6. The Morgan fingerprint density at radius 1 is 1.04 bits per heavy atom. The zero-order valence-electron chi connectivity index (χ0n) is 11.9. The van der Waals surface area contributed by atoms with Gasteiger partial charge >= 0.3 is 0 Å². The van der Waals surface area contributed by atoms with Gasteiger partial charge in [0.15, 0.2) is 0 Å². The molecule has 0 radical (unpaired) electrons. The van der Waals surface area contributed by atoms with Gasteiger partial charge in [-0.25, -0.2) is 0 Å². The number of hydrogen-bond donors (Lipinski definition) is 2. The van der Waals surface area contributed by atoms with Crippen molar-refractivity contribution >= 4 is 23.4 Å². The van der Waals surface area contributed by atoms with Crippen LogP contribution in [0.5, 0.6) is 5.75 Å². The van der Waals surface area contributed by atoms with E-state index in [1.165, 1.54) is 30.3 Å². The van der Waals surface area contributed by atoms with Gasteiger partial charge in [-0.3, -0.25) is 29.9 Å². The molecule has 1 aliphatic heterocycles. The molecule has 3 rings (SSSR count). The topological polar surface area (TPSA) is 130 Å². The molecule has 0 spiro atoms. The summed E-state index contributed by atoms with van der Waals surface area (Å²) in [5.41, 5.74) is 1.76. The first-order valence-corrected chi connectivity index (χ1v) is 6.65. The highest BCUT2D eigenvalue weighted by Gasteiger charge is 2.38. The van der Waals surface area contributed by atoms with Crippen molar-refractivity contribution in [1.82, 2.24) is 10.4 Å². The molecule has 9 nitrogen and oxygen atoms in total. The third-order valence-corrected chi connectivity index (χ3v) is 3.42. The van der Waals surface area contributed by atoms with Crippen LogP contribution in [0.1, 0.15) is 31.1 Å². The molecule has 1 aliphatic rings. The first-order valence-electron chi connectivity index (χ1n) is 6.65. The molecule has 0 atom stereocenters. The van der Waals surface area contributed by atoms with Crippen LogP contribution < -0.4 is 5.43 Å². The first kappa shape index (κ1) is 15.2. The number of carbonyl (C=O) groups excluding carboxylic acids is 3. The van der Waals surface area contributed by atoms with Crippen LogP contribution in [0.25, 0.3) is 0 Å². The minimum Gasteiger partial charge on any atom is -0.508 e. The number of nitrogens with one attached hydrogen (secondary N) is 1. The molecule has 2 N–H and O–H groups in total. The van der Waals surface area contributed by atoms with Crippen LogP contribution >= 0.6 is 0 Å². The largest absolute Gasteiger partial charge is 0.508 e. The number of carbonyl (C=O) groups is 3. The van der Waals surface area contributed by atoms with Crippen LogP contribution in [0.4, 0.5) is 5.69 Å². The van der Waals surface area contributed by atoms with Gasteiger partial charge in [-0.1, -0.05) is 0 Å². The molecule has 2 aromatic rings. The molecule has 120 valence electrons. The molecular weight excluding hydrogens is 318 g/mol. The summed E-state index contributed by atoms with van der Waals surface area (Å²) in [6.45, 7) is 0. The van der Waals surface area contributed by atoms with Crippen molar-refractivity contribution in [2.75, 3.05) is 0 Å². The minimum absolute atomic E-state index is 0.0309. The summed E-state index contributed by atoms with van der Waals surface area (Å²) < 4.78 is 0. The van der Waals surface area contributed by atoms with Crippen LogP contribution in [0.2, 0.25) is 0 Å². The van der Waals surface area contributed by atoms with E-state index in [2.05, 4.69) is 5.43 Å². The molecule has 24 heavy (non-hydrogen) atoms. The van der Waals surface area contributed by atoms with E-state index in [4.69, 9.17) is 0 Å². The number of benzene rings is 2. The molecule has 3 amide bonds. The summed E-state index contributed by atoms with van der Waals surface area (Å²) in [7, 11) is 0. The van der Waals surface area contributed by atoms with Crippen LogP contribution in [0.3, 0.4) is 0 Å². The standard InChI is InChI=1S/C15H9N3O6/c19-10-4-1-8(2-5-10)13(20)16-17-14(21)11-6-3-9(18(23)24)7-12(11)15(17)22/h1-7,19H,(H,16,20). The van der Waals surface area contributed by atoms with Gasteiger partial charge in [-0.05, 0) is 30.3 Å². The lowest BCUT2D eigenvalue weighted by Gasteiger charge is -2.14. The van der Waals surface area contributed by atoms with Gasteiger partial charge in [0.2, 0.25) is 0 Å². The van der Waals surface area contributed by atoms with Gasteiger partial charge in [-0.2, -0.15) is 5.01 Å². The summed E-state index contributed by atoms with van der Waals surface area (Å²) >= 11 is 0. The summed E-state index contributed by atoms with van der Waals surface area (Å²) in [6, 6.07) is 8.45. The summed E-state index contributed by atoms with van der Waals surface area (Å²) in [6.07, 6.45) is 0. The molecular formula is C15H9N3O6. The minimum atomic E-state index is -0.856. The average molecular weight is 327 g/mol. The normalized spacial score (nSPS) is 12.9. The van der Waals surface area contributed by atoms with Crippen molar-refractivity contribution in [2.45, 2.75) is 0 Å². The second kappa shape index (κ2) is 5.47. The maximum absolute atomic E-state index is 12.2. The highest BCUT2D eigenvalue weighted by atomic mass is 16.6. The number of hydrogen-bond acceptors (Lipinski definition) is 6. The van der Waals surface area contributed by atoms with Crippen molar-refractivity contribution in [1.29, 1.82) is 0 Å². The quantitative estimate of drug-likeness (QED) is 0.495. The summed E-state index contributed by atoms with van der Waals surface area (Å²) in [5, 5.41) is 20.5. The third-order valence-electron chi connectivity index (χ3n) is 3.42. The number of fused-ring (bicyclic) bond motifs is 1. The van der Waals surface area contributed by atoms with Crippen LogP contribution in [-0.2, 0) is 0 Å². The lowest BCUT2D eigenvalue weighted by atomic mass is 10.1. The number of amides is 3. The summed E-state index contributed by atoms with van der Waals surface area (Å²) in [5.74, 6) is -2.42. The second-order valence-corrected chi connectivity index (χ2v) is 4.92. The maximum atomic E-state index is 12.2. The lowest BCUT2D eigenvalue weighted by molar-refractivity contribution is -0.384. The Morgan fingerprint density at radius 3 is 2.29 bits per heavy atom. The third kappa shape index (κ3) is 2.43. The van der Waals surface area contributed by atoms with E-state index < -0.39 is 22.6 Å². The van der Waals surface area contributed by atoms with E-state index in [9.17, 15) is 29.6 Å². The number of aromatic hydroxyl groups is 1. The number of hydrazine groups is 1. The fourth-order valence-electron chi connectivity index (χ4n) is 2.22. The Balaban J connectivity index is 1.86. The predicted octanol–water partition coefficient (Wildman–Crippen LogP) is 1.24. The lowest BCUT2D eigenvalue weighted by Crippen LogP contribution is -2.45. The van der Waals surface area contributed by atoms with Gasteiger partial charge in [0.1, 0.15) is 5.75 Å². The van der Waals surface area contributed by atoms with Crippen LogP contribution in [-0.4, -0.2) is 32.8 Å². The Kier molecular flexibility index (Phi) is 3.45. The van der Waals surface area contributed by atoms with Crippen molar-refractivity contribution < 1.29 is 24.4 Å². The number of phenolic OH excluding ortho intramolecular Hbond substituents is 1. The average Bonchev–Trinajstić information content (AvgIpc) is 2.80. The van der Waals surface area contributed by atoms with Crippen molar-refractivity contribution in [3.05, 3.63) is 69.3 Å². The van der Waals surface area contributed by atoms with E-state index in [0.717, 1.165) is 12.1 Å². The molecule has 0 aliphatic carbocycles. The molecule has 0 saturated heterocycles. The number of non-ortho nitro benzene ring substituents is 1. The van der Waals surface area contributed by atoms with E-state index >= 15 is 0 Å². The van der Waals surface area contributed by atoms with Gasteiger partial charge in [0.25, 0.3) is 23.4 Å². The highest BCUT2D eigenvalue weighted by molar-refractivity contribution is 6.22. The van der Waals surface area contributed by atoms with Crippen LogP contribution in [0.15, 0.2) is 42.5 Å². The molecule has 0 unspecified atom stereocenters. The van der Waals surface area contributed by atoms with E-state index in [1.54, 1.807) is 0 Å². The number of imide groups is 1. The Hall–Kier alpha value is -3.75. The number of nitro benzene ring substituents is 1. The SMILES string of the molecule is O=C(NN1C(=O)c2ccc([N+](=O)[O-])cc2C1=O)c1ccc(O)cc1. The van der Waals surface area contributed by atoms with Gasteiger partial charge in [0.05, 0.1) is 16.1 Å². The number of nitro groups is 1. The number of rotatable bonds is 3. The van der Waals surface area contributed by atoms with Gasteiger partial charge < -0.3 is 5.11 Å². The van der Waals surface area contributed by atoms with E-state index in [0.29, 0.717) is 5.01 Å². The number of nitrogens with zero attached hydrogens (tertiary/aromatic N) is 2. The van der Waals surface area contributed by atoms with Crippen LogP contribution in [0, 0.1) is 10.1 Å². The fraction of sp³-hybridized carbons (Fsp3) is 0. The number of phenols is 1. The van der Waals surface area contributed by atoms with E-state index in [1.807, 2.05) is 0 Å².